The number of hydrogen-bond donors (Lipinski definition) is 2. The summed E-state index contributed by atoms with van der Waals surface area (Å²) in [6, 6.07) is 11.8. The molecule has 0 spiro atoms. The molecular weight excluding hydrogens is 296 g/mol. The van der Waals surface area contributed by atoms with E-state index in [1.54, 1.807) is 7.11 Å². The lowest BCUT2D eigenvalue weighted by molar-refractivity contribution is 0.414. The van der Waals surface area contributed by atoms with E-state index < -0.39 is 10.0 Å². The lowest BCUT2D eigenvalue weighted by Crippen LogP contribution is -2.12. The molecule has 2 aromatic carbocycles. The number of anilines is 1. The average molecular weight is 310 g/mol. The number of hydrogen-bond acceptors (Lipinski definition) is 5. The molecule has 0 aliphatic rings. The van der Waals surface area contributed by atoms with E-state index in [9.17, 15) is 8.42 Å². The largest absolute Gasteiger partial charge is 0.497 e. The van der Waals surface area contributed by atoms with Crippen molar-refractivity contribution < 1.29 is 13.2 Å². The minimum Gasteiger partial charge on any atom is -0.497 e. The van der Waals surface area contributed by atoms with Gasteiger partial charge in [-0.2, -0.15) is 0 Å². The van der Waals surface area contributed by atoms with Crippen molar-refractivity contribution in [1.82, 2.24) is 0 Å². The van der Waals surface area contributed by atoms with Gasteiger partial charge in [-0.15, -0.1) is 0 Å². The summed E-state index contributed by atoms with van der Waals surface area (Å²) >= 11 is 1.36. The molecule has 7 heteroatoms. The second kappa shape index (κ2) is 5.74. The first-order valence-corrected chi connectivity index (χ1v) is 8.00. The number of sulfonamides is 1. The molecule has 2 rings (SSSR count). The Kier molecular flexibility index (Phi) is 4.22. The SMILES string of the molecule is COc1ccc(Sc2cc(S(N)(=O)=O)ccc2N)cc1. The van der Waals surface area contributed by atoms with Gasteiger partial charge in [0.2, 0.25) is 10.0 Å². The fourth-order valence-electron chi connectivity index (χ4n) is 1.55. The highest BCUT2D eigenvalue weighted by molar-refractivity contribution is 7.99. The van der Waals surface area contributed by atoms with E-state index >= 15 is 0 Å². The van der Waals surface area contributed by atoms with Crippen LogP contribution in [-0.4, -0.2) is 15.5 Å². The molecule has 0 saturated heterocycles. The molecule has 0 heterocycles. The minimum atomic E-state index is -3.73. The van der Waals surface area contributed by atoms with E-state index in [1.807, 2.05) is 24.3 Å². The standard InChI is InChI=1S/C13H14N2O3S2/c1-18-9-2-4-10(5-3-9)19-13-8-11(20(15,16)17)6-7-12(13)14/h2-8H,14H2,1H3,(H2,15,16,17). The Labute approximate surface area is 122 Å². The van der Waals surface area contributed by atoms with Crippen molar-refractivity contribution >= 4 is 27.5 Å². The predicted octanol–water partition coefficient (Wildman–Crippen LogP) is 2.08. The van der Waals surface area contributed by atoms with Crippen molar-refractivity contribution in [3.63, 3.8) is 0 Å². The zero-order chi connectivity index (χ0) is 14.8. The average Bonchev–Trinajstić information content (AvgIpc) is 2.41. The van der Waals surface area contributed by atoms with Crippen molar-refractivity contribution in [2.45, 2.75) is 14.7 Å². The van der Waals surface area contributed by atoms with Crippen molar-refractivity contribution in [2.75, 3.05) is 12.8 Å². The zero-order valence-corrected chi connectivity index (χ0v) is 12.4. The first-order chi connectivity index (χ1) is 9.40. The first-order valence-electron chi connectivity index (χ1n) is 5.64. The van der Waals surface area contributed by atoms with Crippen LogP contribution in [0.15, 0.2) is 57.2 Å². The third-order valence-corrected chi connectivity index (χ3v) is 4.59. The summed E-state index contributed by atoms with van der Waals surface area (Å²) in [5.41, 5.74) is 6.35. The van der Waals surface area contributed by atoms with Crippen LogP contribution in [0.2, 0.25) is 0 Å². The number of rotatable bonds is 4. The van der Waals surface area contributed by atoms with Gasteiger partial charge < -0.3 is 10.5 Å². The van der Waals surface area contributed by atoms with Gasteiger partial charge in [-0.3, -0.25) is 0 Å². The van der Waals surface area contributed by atoms with Crippen LogP contribution in [0.3, 0.4) is 0 Å². The fraction of sp³-hybridized carbons (Fsp3) is 0.0769. The molecule has 0 bridgehead atoms. The Bertz CT molecular complexity index is 713. The molecule has 4 N–H and O–H groups in total. The molecule has 0 aliphatic heterocycles. The molecule has 5 nitrogen and oxygen atoms in total. The predicted molar refractivity (Wildman–Crippen MR) is 79.3 cm³/mol. The third-order valence-electron chi connectivity index (χ3n) is 2.60. The number of primary sulfonamides is 1. The molecule has 0 unspecified atom stereocenters. The van der Waals surface area contributed by atoms with Gasteiger partial charge in [0.15, 0.2) is 0 Å². The van der Waals surface area contributed by atoms with Crippen LogP contribution in [0.1, 0.15) is 0 Å². The van der Waals surface area contributed by atoms with Gasteiger partial charge in [-0.1, -0.05) is 11.8 Å². The summed E-state index contributed by atoms with van der Waals surface area (Å²) < 4.78 is 27.8. The van der Waals surface area contributed by atoms with E-state index in [1.165, 1.54) is 30.0 Å². The molecule has 0 atom stereocenters. The lowest BCUT2D eigenvalue weighted by Gasteiger charge is -2.08. The maximum absolute atomic E-state index is 11.3. The van der Waals surface area contributed by atoms with Crippen LogP contribution >= 0.6 is 11.8 Å². The number of ether oxygens (including phenoxy) is 1. The molecule has 0 fully saturated rings. The van der Waals surface area contributed by atoms with Crippen LogP contribution in [0.5, 0.6) is 5.75 Å². The Morgan fingerprint density at radius 3 is 2.30 bits per heavy atom. The first kappa shape index (κ1) is 14.7. The molecule has 0 aromatic heterocycles. The summed E-state index contributed by atoms with van der Waals surface area (Å²) in [5.74, 6) is 0.751. The molecule has 0 amide bonds. The van der Waals surface area contributed by atoms with Crippen LogP contribution in [-0.2, 0) is 10.0 Å². The van der Waals surface area contributed by atoms with Gasteiger partial charge in [0.25, 0.3) is 0 Å². The highest BCUT2D eigenvalue weighted by atomic mass is 32.2. The number of nitrogen functional groups attached to an aromatic ring is 1. The van der Waals surface area contributed by atoms with Gasteiger partial charge in [-0.05, 0) is 42.5 Å². The molecule has 0 aliphatic carbocycles. The van der Waals surface area contributed by atoms with Gasteiger partial charge in [0.1, 0.15) is 5.75 Å². The monoisotopic (exact) mass is 310 g/mol. The second-order valence-electron chi connectivity index (χ2n) is 4.02. The Balaban J connectivity index is 2.32. The summed E-state index contributed by atoms with van der Waals surface area (Å²) in [6.45, 7) is 0. The van der Waals surface area contributed by atoms with Crippen LogP contribution < -0.4 is 15.6 Å². The topological polar surface area (TPSA) is 95.4 Å². The Hall–Kier alpha value is -1.70. The van der Waals surface area contributed by atoms with E-state index in [0.717, 1.165) is 10.6 Å². The normalized spacial score (nSPS) is 11.3. The Morgan fingerprint density at radius 1 is 1.10 bits per heavy atom. The van der Waals surface area contributed by atoms with Crippen LogP contribution in [0.4, 0.5) is 5.69 Å². The fourth-order valence-corrected chi connectivity index (χ4v) is 3.06. The van der Waals surface area contributed by atoms with Crippen molar-refractivity contribution in [3.8, 4) is 5.75 Å². The van der Waals surface area contributed by atoms with Gasteiger partial charge >= 0.3 is 0 Å². The van der Waals surface area contributed by atoms with Crippen molar-refractivity contribution in [1.29, 1.82) is 0 Å². The lowest BCUT2D eigenvalue weighted by atomic mass is 10.3. The molecule has 106 valence electrons. The quantitative estimate of drug-likeness (QED) is 0.843. The smallest absolute Gasteiger partial charge is 0.238 e. The van der Waals surface area contributed by atoms with Crippen LogP contribution in [0, 0.1) is 0 Å². The summed E-state index contributed by atoms with van der Waals surface area (Å²) in [7, 11) is -2.14. The maximum atomic E-state index is 11.3. The number of nitrogens with two attached hydrogens (primary N) is 2. The third kappa shape index (κ3) is 3.44. The molecular formula is C13H14N2O3S2. The van der Waals surface area contributed by atoms with Gasteiger partial charge in [0, 0.05) is 15.5 Å². The minimum absolute atomic E-state index is 0.0442. The van der Waals surface area contributed by atoms with E-state index in [2.05, 4.69) is 0 Å². The number of benzene rings is 2. The highest BCUT2D eigenvalue weighted by Crippen LogP contribution is 2.34. The Morgan fingerprint density at radius 2 is 1.75 bits per heavy atom. The van der Waals surface area contributed by atoms with E-state index in [-0.39, 0.29) is 4.90 Å². The van der Waals surface area contributed by atoms with E-state index in [0.29, 0.717) is 10.6 Å². The molecule has 0 saturated carbocycles. The van der Waals surface area contributed by atoms with Crippen molar-refractivity contribution in [2.24, 2.45) is 5.14 Å². The summed E-state index contributed by atoms with van der Waals surface area (Å²) in [6.07, 6.45) is 0. The second-order valence-corrected chi connectivity index (χ2v) is 6.70. The van der Waals surface area contributed by atoms with Crippen LogP contribution in [0.25, 0.3) is 0 Å². The molecule has 20 heavy (non-hydrogen) atoms. The van der Waals surface area contributed by atoms with Crippen molar-refractivity contribution in [3.05, 3.63) is 42.5 Å². The van der Waals surface area contributed by atoms with Gasteiger partial charge in [0.05, 0.1) is 12.0 Å². The maximum Gasteiger partial charge on any atom is 0.238 e. The molecule has 2 aromatic rings. The summed E-state index contributed by atoms with van der Waals surface area (Å²) in [5, 5.41) is 5.11. The summed E-state index contributed by atoms with van der Waals surface area (Å²) in [4.78, 5) is 1.61. The molecule has 0 radical (unpaired) electrons. The number of methoxy groups -OCH3 is 1. The zero-order valence-electron chi connectivity index (χ0n) is 10.7. The highest BCUT2D eigenvalue weighted by Gasteiger charge is 2.11. The van der Waals surface area contributed by atoms with Gasteiger partial charge in [-0.25, -0.2) is 13.6 Å². The van der Waals surface area contributed by atoms with E-state index in [4.69, 9.17) is 15.6 Å².